The highest BCUT2D eigenvalue weighted by atomic mass is 16.2. The zero-order valence-corrected chi connectivity index (χ0v) is 16.3. The molecule has 2 aromatic heterocycles. The lowest BCUT2D eigenvalue weighted by molar-refractivity contribution is -0.126. The number of carbonyl (C=O) groups is 1. The Balaban J connectivity index is 1.43. The highest BCUT2D eigenvalue weighted by Crippen LogP contribution is 2.46. The number of hydrogen-bond donors (Lipinski definition) is 1. The van der Waals surface area contributed by atoms with Crippen LogP contribution in [-0.4, -0.2) is 45.2 Å². The third kappa shape index (κ3) is 4.05. The first-order valence-electron chi connectivity index (χ1n) is 9.99. The Kier molecular flexibility index (Phi) is 5.00. The summed E-state index contributed by atoms with van der Waals surface area (Å²) in [7, 11) is 0. The van der Waals surface area contributed by atoms with Crippen molar-refractivity contribution in [1.82, 2.24) is 25.0 Å². The average molecular weight is 367 g/mol. The van der Waals surface area contributed by atoms with Gasteiger partial charge in [0.15, 0.2) is 0 Å². The molecule has 4 rings (SSSR count). The minimum atomic E-state index is -0.231. The van der Waals surface area contributed by atoms with Crippen LogP contribution in [0.4, 0.5) is 0 Å². The second-order valence-electron chi connectivity index (χ2n) is 8.23. The van der Waals surface area contributed by atoms with Crippen LogP contribution < -0.4 is 5.32 Å². The molecule has 0 radical (unpaired) electrons. The van der Waals surface area contributed by atoms with Crippen molar-refractivity contribution in [3.63, 3.8) is 0 Å². The molecule has 2 aliphatic rings. The molecule has 0 aromatic carbocycles. The number of carbonyl (C=O) groups excluding carboxylic acids is 1. The molecule has 1 saturated carbocycles. The highest BCUT2D eigenvalue weighted by Gasteiger charge is 2.44. The molecule has 0 unspecified atom stereocenters. The van der Waals surface area contributed by atoms with Gasteiger partial charge in [-0.05, 0) is 70.3 Å². The van der Waals surface area contributed by atoms with Gasteiger partial charge in [-0.2, -0.15) is 5.10 Å². The Morgan fingerprint density at radius 3 is 2.67 bits per heavy atom. The van der Waals surface area contributed by atoms with Crippen molar-refractivity contribution in [2.45, 2.75) is 52.1 Å². The molecule has 1 atom stereocenters. The molecule has 6 nitrogen and oxygen atoms in total. The third-order valence-electron chi connectivity index (χ3n) is 5.94. The van der Waals surface area contributed by atoms with Gasteiger partial charge in [-0.25, -0.2) is 0 Å². The summed E-state index contributed by atoms with van der Waals surface area (Å²) in [4.78, 5) is 19.6. The lowest BCUT2D eigenvalue weighted by Gasteiger charge is -2.27. The SMILES string of the molecule is Cc1cc(C)n(CC2(CNC(=O)[C@H](c3cccnc3)N3CCCC3)CC2)n1. The molecule has 1 N–H and O–H groups in total. The average Bonchev–Trinajstić information content (AvgIpc) is 3.06. The van der Waals surface area contributed by atoms with E-state index in [9.17, 15) is 4.79 Å². The van der Waals surface area contributed by atoms with E-state index in [4.69, 9.17) is 0 Å². The van der Waals surface area contributed by atoms with E-state index in [1.807, 2.05) is 25.3 Å². The molecule has 3 heterocycles. The minimum Gasteiger partial charge on any atom is -0.354 e. The first-order chi connectivity index (χ1) is 13.1. The lowest BCUT2D eigenvalue weighted by atomic mass is 10.0. The van der Waals surface area contributed by atoms with Crippen LogP contribution in [0.25, 0.3) is 0 Å². The van der Waals surface area contributed by atoms with Crippen molar-refractivity contribution >= 4 is 5.91 Å². The number of nitrogens with zero attached hydrogens (tertiary/aromatic N) is 4. The number of aromatic nitrogens is 3. The molecule has 1 saturated heterocycles. The molecule has 1 aliphatic carbocycles. The van der Waals surface area contributed by atoms with Gasteiger partial charge in [0, 0.05) is 36.6 Å². The second kappa shape index (κ2) is 7.43. The number of aryl methyl sites for hydroxylation is 2. The van der Waals surface area contributed by atoms with Gasteiger partial charge in [0.25, 0.3) is 0 Å². The summed E-state index contributed by atoms with van der Waals surface area (Å²) in [6.07, 6.45) is 8.19. The molecule has 27 heavy (non-hydrogen) atoms. The quantitative estimate of drug-likeness (QED) is 0.817. The van der Waals surface area contributed by atoms with Gasteiger partial charge in [-0.3, -0.25) is 19.4 Å². The normalized spacial score (nSPS) is 19.8. The van der Waals surface area contributed by atoms with Gasteiger partial charge < -0.3 is 5.32 Å². The fraction of sp³-hybridized carbons (Fsp3) is 0.571. The van der Waals surface area contributed by atoms with E-state index < -0.39 is 0 Å². The van der Waals surface area contributed by atoms with Crippen LogP contribution in [0, 0.1) is 19.3 Å². The Labute approximate surface area is 161 Å². The van der Waals surface area contributed by atoms with Crippen LogP contribution >= 0.6 is 0 Å². The largest absolute Gasteiger partial charge is 0.354 e. The molecular weight excluding hydrogens is 338 g/mol. The maximum absolute atomic E-state index is 13.1. The molecule has 2 fully saturated rings. The maximum Gasteiger partial charge on any atom is 0.242 e. The van der Waals surface area contributed by atoms with Crippen LogP contribution in [0.3, 0.4) is 0 Å². The van der Waals surface area contributed by atoms with Gasteiger partial charge in [-0.15, -0.1) is 0 Å². The van der Waals surface area contributed by atoms with Crippen molar-refractivity contribution < 1.29 is 4.79 Å². The Bertz CT molecular complexity index is 790. The van der Waals surface area contributed by atoms with E-state index in [0.717, 1.165) is 63.1 Å². The van der Waals surface area contributed by atoms with Gasteiger partial charge in [0.2, 0.25) is 5.91 Å². The predicted molar refractivity (Wildman–Crippen MR) is 104 cm³/mol. The monoisotopic (exact) mass is 367 g/mol. The predicted octanol–water partition coefficient (Wildman–Crippen LogP) is 2.63. The van der Waals surface area contributed by atoms with Crippen LogP contribution in [0.1, 0.15) is 48.7 Å². The van der Waals surface area contributed by atoms with Crippen LogP contribution in [0.2, 0.25) is 0 Å². The number of likely N-dealkylation sites (tertiary alicyclic amines) is 1. The molecule has 0 spiro atoms. The number of hydrogen-bond acceptors (Lipinski definition) is 4. The van der Waals surface area contributed by atoms with Crippen LogP contribution in [0.15, 0.2) is 30.6 Å². The molecule has 0 bridgehead atoms. The standard InChI is InChI=1S/C21H29N5O/c1-16-12-17(2)26(24-16)15-21(7-8-21)14-23-20(27)19(25-10-3-4-11-25)18-6-5-9-22-13-18/h5-6,9,12-13,19H,3-4,7-8,10-11,14-15H2,1-2H3,(H,23,27)/t19-/m0/s1. The lowest BCUT2D eigenvalue weighted by Crippen LogP contribution is -2.42. The fourth-order valence-electron chi connectivity index (χ4n) is 4.16. The Hall–Kier alpha value is -2.21. The van der Waals surface area contributed by atoms with Crippen LogP contribution in [0.5, 0.6) is 0 Å². The zero-order chi connectivity index (χ0) is 18.9. The summed E-state index contributed by atoms with van der Waals surface area (Å²) >= 11 is 0. The van der Waals surface area contributed by atoms with E-state index in [-0.39, 0.29) is 17.4 Å². The summed E-state index contributed by atoms with van der Waals surface area (Å²) in [5.41, 5.74) is 3.39. The number of pyridine rings is 1. The topological polar surface area (TPSA) is 63.1 Å². The van der Waals surface area contributed by atoms with Gasteiger partial charge in [0.05, 0.1) is 5.69 Å². The van der Waals surface area contributed by atoms with Gasteiger partial charge >= 0.3 is 0 Å². The molecule has 2 aromatic rings. The summed E-state index contributed by atoms with van der Waals surface area (Å²) < 4.78 is 2.09. The Morgan fingerprint density at radius 1 is 1.30 bits per heavy atom. The Morgan fingerprint density at radius 2 is 2.07 bits per heavy atom. The first kappa shape index (κ1) is 18.2. The fourth-order valence-corrected chi connectivity index (χ4v) is 4.16. The molecule has 6 heteroatoms. The smallest absolute Gasteiger partial charge is 0.242 e. The number of nitrogens with one attached hydrogen (secondary N) is 1. The summed E-state index contributed by atoms with van der Waals surface area (Å²) in [5.74, 6) is 0.101. The second-order valence-corrected chi connectivity index (χ2v) is 8.23. The van der Waals surface area contributed by atoms with Crippen molar-refractivity contribution in [1.29, 1.82) is 0 Å². The molecule has 144 valence electrons. The minimum absolute atomic E-state index is 0.101. The van der Waals surface area contributed by atoms with E-state index in [1.54, 1.807) is 6.20 Å². The van der Waals surface area contributed by atoms with Crippen molar-refractivity contribution in [2.75, 3.05) is 19.6 Å². The molecular formula is C21H29N5O. The van der Waals surface area contributed by atoms with E-state index in [1.165, 1.54) is 5.69 Å². The summed E-state index contributed by atoms with van der Waals surface area (Å²) in [6.45, 7) is 7.68. The van der Waals surface area contributed by atoms with Gasteiger partial charge in [0.1, 0.15) is 6.04 Å². The first-order valence-corrected chi connectivity index (χ1v) is 9.99. The highest BCUT2D eigenvalue weighted by molar-refractivity contribution is 5.83. The van der Waals surface area contributed by atoms with Gasteiger partial charge in [-0.1, -0.05) is 6.07 Å². The summed E-state index contributed by atoms with van der Waals surface area (Å²) in [6, 6.07) is 5.81. The van der Waals surface area contributed by atoms with Crippen molar-refractivity contribution in [3.8, 4) is 0 Å². The van der Waals surface area contributed by atoms with Crippen molar-refractivity contribution in [2.24, 2.45) is 5.41 Å². The van der Waals surface area contributed by atoms with E-state index in [2.05, 4.69) is 38.0 Å². The maximum atomic E-state index is 13.1. The van der Waals surface area contributed by atoms with E-state index >= 15 is 0 Å². The third-order valence-corrected chi connectivity index (χ3v) is 5.94. The number of amides is 1. The zero-order valence-electron chi connectivity index (χ0n) is 16.3. The molecule has 1 aliphatic heterocycles. The summed E-state index contributed by atoms with van der Waals surface area (Å²) in [5, 5.41) is 7.85. The number of rotatable bonds is 7. The van der Waals surface area contributed by atoms with Crippen LogP contribution in [-0.2, 0) is 11.3 Å². The van der Waals surface area contributed by atoms with E-state index in [0.29, 0.717) is 0 Å². The van der Waals surface area contributed by atoms with Crippen molar-refractivity contribution in [3.05, 3.63) is 47.5 Å². The molecule has 1 amide bonds.